The molecule has 0 aliphatic carbocycles. The van der Waals surface area contributed by atoms with Crippen molar-refractivity contribution in [1.29, 1.82) is 0 Å². The molecule has 1 amide bonds. The van der Waals surface area contributed by atoms with Gasteiger partial charge in [0.05, 0.1) is 5.56 Å². The van der Waals surface area contributed by atoms with Crippen molar-refractivity contribution in [3.05, 3.63) is 42.2 Å². The molecule has 2 heterocycles. The molecule has 2 aromatic heterocycles. The molecule has 0 atom stereocenters. The number of anilines is 1. The highest BCUT2D eigenvalue weighted by Gasteiger charge is 2.08. The maximum absolute atomic E-state index is 11.8. The van der Waals surface area contributed by atoms with Crippen LogP contribution in [0.4, 0.5) is 5.69 Å². The number of nitrogens with two attached hydrogens (primary N) is 1. The number of carbonyl (C=O) groups is 1. The highest BCUT2D eigenvalue weighted by atomic mass is 35.5. The number of carbonyl (C=O) groups excluding carboxylic acids is 1. The zero-order chi connectivity index (χ0) is 13.0. The standard InChI is InChI=1S/C12H15N5O.2ClH/c1-9-15-4-6-17(9)7-5-16-12(18)10-8-14-3-2-11(10)13;;/h2-4,6,8H,5,7H2,1H3,(H2,13,14)(H,16,18);2*1H. The number of nitrogens with one attached hydrogen (secondary N) is 1. The van der Waals surface area contributed by atoms with Crippen molar-refractivity contribution < 1.29 is 4.79 Å². The monoisotopic (exact) mass is 317 g/mol. The van der Waals surface area contributed by atoms with E-state index in [2.05, 4.69) is 15.3 Å². The average molecular weight is 318 g/mol. The van der Waals surface area contributed by atoms with Crippen LogP contribution >= 0.6 is 24.8 Å². The van der Waals surface area contributed by atoms with Crippen LogP contribution in [0.3, 0.4) is 0 Å². The van der Waals surface area contributed by atoms with Crippen molar-refractivity contribution in [2.24, 2.45) is 0 Å². The van der Waals surface area contributed by atoms with E-state index in [9.17, 15) is 4.79 Å². The third-order valence-corrected chi connectivity index (χ3v) is 2.66. The maximum Gasteiger partial charge on any atom is 0.255 e. The van der Waals surface area contributed by atoms with E-state index in [0.717, 1.165) is 5.82 Å². The molecule has 0 saturated carbocycles. The van der Waals surface area contributed by atoms with E-state index in [1.165, 1.54) is 6.20 Å². The van der Waals surface area contributed by atoms with Crippen molar-refractivity contribution in [2.45, 2.75) is 13.5 Å². The Kier molecular flexibility index (Phi) is 7.64. The van der Waals surface area contributed by atoms with E-state index in [1.54, 1.807) is 18.5 Å². The van der Waals surface area contributed by atoms with Crippen LogP contribution in [0.5, 0.6) is 0 Å². The molecule has 0 aliphatic heterocycles. The summed E-state index contributed by atoms with van der Waals surface area (Å²) in [4.78, 5) is 19.8. The lowest BCUT2D eigenvalue weighted by atomic mass is 10.2. The van der Waals surface area contributed by atoms with Crippen molar-refractivity contribution >= 4 is 36.4 Å². The number of nitrogens with zero attached hydrogens (tertiary/aromatic N) is 3. The zero-order valence-corrected chi connectivity index (χ0v) is 12.6. The van der Waals surface area contributed by atoms with E-state index in [1.807, 2.05) is 17.7 Å². The first-order chi connectivity index (χ1) is 8.68. The molecule has 3 N–H and O–H groups in total. The topological polar surface area (TPSA) is 85.8 Å². The second-order valence-electron chi connectivity index (χ2n) is 3.89. The van der Waals surface area contributed by atoms with Gasteiger partial charge in [-0.3, -0.25) is 9.78 Å². The van der Waals surface area contributed by atoms with Crippen LogP contribution in [-0.2, 0) is 6.54 Å². The Balaban J connectivity index is 0.00000180. The summed E-state index contributed by atoms with van der Waals surface area (Å²) >= 11 is 0. The Labute approximate surface area is 129 Å². The lowest BCUT2D eigenvalue weighted by Gasteiger charge is -2.08. The second-order valence-corrected chi connectivity index (χ2v) is 3.89. The highest BCUT2D eigenvalue weighted by molar-refractivity contribution is 5.98. The summed E-state index contributed by atoms with van der Waals surface area (Å²) in [6.45, 7) is 3.11. The summed E-state index contributed by atoms with van der Waals surface area (Å²) < 4.78 is 1.97. The number of halogens is 2. The minimum atomic E-state index is -0.210. The number of hydrogen-bond acceptors (Lipinski definition) is 4. The normalized spacial score (nSPS) is 9.25. The molecule has 6 nitrogen and oxygen atoms in total. The first kappa shape index (κ1) is 18.2. The largest absolute Gasteiger partial charge is 0.398 e. The van der Waals surface area contributed by atoms with Gasteiger partial charge in [0.25, 0.3) is 5.91 Å². The first-order valence-electron chi connectivity index (χ1n) is 5.64. The summed E-state index contributed by atoms with van der Waals surface area (Å²) in [5, 5.41) is 2.80. The van der Waals surface area contributed by atoms with Gasteiger partial charge in [0, 0.05) is 43.6 Å². The van der Waals surface area contributed by atoms with Gasteiger partial charge < -0.3 is 15.6 Å². The SMILES string of the molecule is Cc1nccn1CCNC(=O)c1cnccc1N.Cl.Cl. The number of rotatable bonds is 4. The minimum absolute atomic E-state index is 0. The zero-order valence-electron chi connectivity index (χ0n) is 10.9. The Morgan fingerprint density at radius 3 is 2.75 bits per heavy atom. The van der Waals surface area contributed by atoms with Crippen LogP contribution in [0, 0.1) is 6.92 Å². The number of aromatic nitrogens is 3. The Morgan fingerprint density at radius 2 is 2.15 bits per heavy atom. The van der Waals surface area contributed by atoms with E-state index in [4.69, 9.17) is 5.73 Å². The molecule has 2 rings (SSSR count). The predicted octanol–water partition coefficient (Wildman–Crippen LogP) is 1.44. The van der Waals surface area contributed by atoms with Crippen molar-refractivity contribution in [3.63, 3.8) is 0 Å². The Hall–Kier alpha value is -1.79. The molecule has 0 bridgehead atoms. The number of aryl methyl sites for hydroxylation is 1. The number of imidazole rings is 1. The van der Waals surface area contributed by atoms with Gasteiger partial charge in [-0.1, -0.05) is 0 Å². The van der Waals surface area contributed by atoms with Crippen LogP contribution in [0.2, 0.25) is 0 Å². The van der Waals surface area contributed by atoms with Crippen molar-refractivity contribution in [1.82, 2.24) is 19.9 Å². The Bertz CT molecular complexity index is 558. The predicted molar refractivity (Wildman–Crippen MR) is 82.4 cm³/mol. The van der Waals surface area contributed by atoms with Crippen LogP contribution in [0.15, 0.2) is 30.9 Å². The molecule has 0 spiro atoms. The average Bonchev–Trinajstić information content (AvgIpc) is 2.75. The quantitative estimate of drug-likeness (QED) is 0.893. The number of amides is 1. The van der Waals surface area contributed by atoms with Gasteiger partial charge >= 0.3 is 0 Å². The van der Waals surface area contributed by atoms with Crippen LogP contribution in [0.25, 0.3) is 0 Å². The van der Waals surface area contributed by atoms with Gasteiger partial charge in [-0.05, 0) is 13.0 Å². The molecule has 0 aromatic carbocycles. The summed E-state index contributed by atoms with van der Waals surface area (Å²) in [6, 6.07) is 1.61. The number of hydrogen-bond donors (Lipinski definition) is 2. The summed E-state index contributed by atoms with van der Waals surface area (Å²) in [7, 11) is 0. The third-order valence-electron chi connectivity index (χ3n) is 2.66. The third kappa shape index (κ3) is 4.40. The fraction of sp³-hybridized carbons (Fsp3) is 0.250. The molecule has 110 valence electrons. The molecular formula is C12H17Cl2N5O. The first-order valence-corrected chi connectivity index (χ1v) is 5.64. The van der Waals surface area contributed by atoms with Crippen LogP contribution in [0.1, 0.15) is 16.2 Å². The summed E-state index contributed by atoms with van der Waals surface area (Å²) in [5.74, 6) is 0.712. The van der Waals surface area contributed by atoms with Gasteiger partial charge in [0.2, 0.25) is 0 Å². The van der Waals surface area contributed by atoms with Gasteiger partial charge in [-0.15, -0.1) is 24.8 Å². The van der Waals surface area contributed by atoms with Gasteiger partial charge in [-0.25, -0.2) is 4.98 Å². The van der Waals surface area contributed by atoms with E-state index >= 15 is 0 Å². The van der Waals surface area contributed by atoms with Gasteiger partial charge in [0.1, 0.15) is 5.82 Å². The second kappa shape index (κ2) is 8.39. The molecule has 8 heteroatoms. The van der Waals surface area contributed by atoms with E-state index in [-0.39, 0.29) is 30.7 Å². The molecular weight excluding hydrogens is 301 g/mol. The summed E-state index contributed by atoms with van der Waals surface area (Å²) in [5.41, 5.74) is 6.53. The molecule has 0 unspecified atom stereocenters. The Morgan fingerprint density at radius 1 is 1.40 bits per heavy atom. The van der Waals surface area contributed by atoms with Crippen LogP contribution in [-0.4, -0.2) is 27.0 Å². The lowest BCUT2D eigenvalue weighted by molar-refractivity contribution is 0.0952. The minimum Gasteiger partial charge on any atom is -0.398 e. The highest BCUT2D eigenvalue weighted by Crippen LogP contribution is 2.07. The smallest absolute Gasteiger partial charge is 0.255 e. The van der Waals surface area contributed by atoms with E-state index in [0.29, 0.717) is 24.3 Å². The van der Waals surface area contributed by atoms with Crippen molar-refractivity contribution in [3.8, 4) is 0 Å². The molecule has 2 aromatic rings. The number of nitrogen functional groups attached to an aromatic ring is 1. The van der Waals surface area contributed by atoms with Crippen LogP contribution < -0.4 is 11.1 Å². The van der Waals surface area contributed by atoms with Crippen molar-refractivity contribution in [2.75, 3.05) is 12.3 Å². The van der Waals surface area contributed by atoms with E-state index < -0.39 is 0 Å². The molecule has 0 aliphatic rings. The molecule has 0 radical (unpaired) electrons. The maximum atomic E-state index is 11.8. The molecule has 0 saturated heterocycles. The number of pyridine rings is 1. The summed E-state index contributed by atoms with van der Waals surface area (Å²) in [6.07, 6.45) is 6.63. The fourth-order valence-electron chi connectivity index (χ4n) is 1.62. The lowest BCUT2D eigenvalue weighted by Crippen LogP contribution is -2.28. The van der Waals surface area contributed by atoms with Gasteiger partial charge in [-0.2, -0.15) is 0 Å². The molecule has 20 heavy (non-hydrogen) atoms. The fourth-order valence-corrected chi connectivity index (χ4v) is 1.62. The van der Waals surface area contributed by atoms with Gasteiger partial charge in [0.15, 0.2) is 0 Å². The molecule has 0 fully saturated rings.